The number of benzene rings is 1. The lowest BCUT2D eigenvalue weighted by molar-refractivity contribution is 0.355. The quantitative estimate of drug-likeness (QED) is 0.464. The standard InChI is InChI=1S/C20H15Cl2FN4O3/c1-9-17(10-4-5-14(29-2)15(6-10)30-3)20-24-13(8-16(28)27(20)26-9)11-7-12(23)19(22)25-18(11)21/h4-8,24H,1-3H3. The highest BCUT2D eigenvalue weighted by atomic mass is 35.5. The zero-order valence-corrected chi connectivity index (χ0v) is 17.6. The maximum Gasteiger partial charge on any atom is 0.274 e. The van der Waals surface area contributed by atoms with E-state index in [4.69, 9.17) is 32.7 Å². The van der Waals surface area contributed by atoms with Crippen LogP contribution < -0.4 is 15.0 Å². The van der Waals surface area contributed by atoms with Crippen LogP contribution in [0.3, 0.4) is 0 Å². The highest BCUT2D eigenvalue weighted by molar-refractivity contribution is 6.34. The van der Waals surface area contributed by atoms with Crippen LogP contribution in [0.4, 0.5) is 4.39 Å². The molecule has 1 aromatic carbocycles. The second-order valence-electron chi connectivity index (χ2n) is 6.41. The molecule has 0 unspecified atom stereocenters. The van der Waals surface area contributed by atoms with Gasteiger partial charge in [0.05, 0.1) is 25.6 Å². The second kappa shape index (κ2) is 7.62. The molecular formula is C20H15Cl2FN4O3. The van der Waals surface area contributed by atoms with Crippen molar-refractivity contribution in [1.29, 1.82) is 0 Å². The summed E-state index contributed by atoms with van der Waals surface area (Å²) in [5, 5.41) is 3.95. The van der Waals surface area contributed by atoms with E-state index in [0.717, 1.165) is 11.6 Å². The Morgan fingerprint density at radius 1 is 1.07 bits per heavy atom. The number of nitrogens with zero attached hydrogens (tertiary/aromatic N) is 3. The monoisotopic (exact) mass is 448 g/mol. The molecule has 0 bridgehead atoms. The van der Waals surface area contributed by atoms with Crippen LogP contribution in [0, 0.1) is 12.7 Å². The number of methoxy groups -OCH3 is 2. The molecule has 0 aliphatic heterocycles. The molecule has 7 nitrogen and oxygen atoms in total. The number of aromatic nitrogens is 4. The molecule has 154 valence electrons. The van der Waals surface area contributed by atoms with E-state index < -0.39 is 11.4 Å². The highest BCUT2D eigenvalue weighted by Crippen LogP contribution is 2.36. The normalized spacial score (nSPS) is 11.1. The fourth-order valence-corrected chi connectivity index (χ4v) is 3.69. The van der Waals surface area contributed by atoms with Crippen LogP contribution in [-0.4, -0.2) is 33.8 Å². The Labute approximate surface area is 180 Å². The van der Waals surface area contributed by atoms with Gasteiger partial charge >= 0.3 is 0 Å². The molecule has 0 amide bonds. The summed E-state index contributed by atoms with van der Waals surface area (Å²) in [4.78, 5) is 19.6. The van der Waals surface area contributed by atoms with Crippen molar-refractivity contribution in [3.8, 4) is 33.9 Å². The fraction of sp³-hybridized carbons (Fsp3) is 0.150. The van der Waals surface area contributed by atoms with E-state index in [0.29, 0.717) is 28.4 Å². The Morgan fingerprint density at radius 2 is 1.80 bits per heavy atom. The molecule has 0 atom stereocenters. The van der Waals surface area contributed by atoms with Gasteiger partial charge in [-0.25, -0.2) is 9.37 Å². The maximum absolute atomic E-state index is 14.0. The van der Waals surface area contributed by atoms with E-state index in [9.17, 15) is 9.18 Å². The average Bonchev–Trinajstić information content (AvgIpc) is 3.06. The minimum Gasteiger partial charge on any atom is -0.493 e. The van der Waals surface area contributed by atoms with Crippen molar-refractivity contribution < 1.29 is 13.9 Å². The van der Waals surface area contributed by atoms with E-state index in [1.54, 1.807) is 26.2 Å². The molecular weight excluding hydrogens is 434 g/mol. The van der Waals surface area contributed by atoms with Crippen molar-refractivity contribution in [3.63, 3.8) is 0 Å². The third kappa shape index (κ3) is 3.28. The highest BCUT2D eigenvalue weighted by Gasteiger charge is 2.19. The number of H-pyrrole nitrogens is 1. The van der Waals surface area contributed by atoms with Gasteiger partial charge in [-0.1, -0.05) is 29.3 Å². The summed E-state index contributed by atoms with van der Waals surface area (Å²) in [7, 11) is 3.08. The predicted octanol–water partition coefficient (Wildman–Crippen LogP) is 4.52. The van der Waals surface area contributed by atoms with Crippen molar-refractivity contribution in [1.82, 2.24) is 19.6 Å². The number of hydrogen-bond donors (Lipinski definition) is 1. The molecule has 3 aromatic heterocycles. The number of aromatic amines is 1. The number of pyridine rings is 1. The van der Waals surface area contributed by atoms with Crippen LogP contribution in [0.25, 0.3) is 28.0 Å². The average molecular weight is 449 g/mol. The van der Waals surface area contributed by atoms with E-state index >= 15 is 0 Å². The first kappa shape index (κ1) is 20.2. The maximum atomic E-state index is 14.0. The number of nitrogens with one attached hydrogen (secondary N) is 1. The van der Waals surface area contributed by atoms with Crippen molar-refractivity contribution in [2.45, 2.75) is 6.92 Å². The van der Waals surface area contributed by atoms with E-state index in [1.165, 1.54) is 17.7 Å². The van der Waals surface area contributed by atoms with Crippen molar-refractivity contribution in [2.75, 3.05) is 14.2 Å². The summed E-state index contributed by atoms with van der Waals surface area (Å²) in [6.45, 7) is 1.78. The minimum absolute atomic E-state index is 0.0368. The van der Waals surface area contributed by atoms with Gasteiger partial charge in [-0.3, -0.25) is 4.79 Å². The first-order valence-corrected chi connectivity index (χ1v) is 9.46. The summed E-state index contributed by atoms with van der Waals surface area (Å²) in [5.74, 6) is 0.347. The number of rotatable bonds is 4. The van der Waals surface area contributed by atoms with Crippen LogP contribution in [-0.2, 0) is 0 Å². The lowest BCUT2D eigenvalue weighted by Gasteiger charge is -2.10. The molecule has 4 rings (SSSR count). The number of aryl methyl sites for hydroxylation is 1. The molecule has 0 saturated carbocycles. The summed E-state index contributed by atoms with van der Waals surface area (Å²) < 4.78 is 25.9. The van der Waals surface area contributed by atoms with Gasteiger partial charge in [0.15, 0.2) is 22.5 Å². The predicted molar refractivity (Wildman–Crippen MR) is 112 cm³/mol. The third-order valence-corrected chi connectivity index (χ3v) is 5.19. The zero-order valence-electron chi connectivity index (χ0n) is 16.1. The Bertz CT molecular complexity index is 1350. The molecule has 0 spiro atoms. The van der Waals surface area contributed by atoms with Gasteiger partial charge in [0, 0.05) is 17.2 Å². The minimum atomic E-state index is -0.749. The summed E-state index contributed by atoms with van der Waals surface area (Å²) in [6.07, 6.45) is 0. The molecule has 10 heteroatoms. The van der Waals surface area contributed by atoms with Gasteiger partial charge in [-0.05, 0) is 30.7 Å². The van der Waals surface area contributed by atoms with Gasteiger partial charge < -0.3 is 14.5 Å². The van der Waals surface area contributed by atoms with Crippen molar-refractivity contribution in [2.24, 2.45) is 0 Å². The molecule has 1 N–H and O–H groups in total. The number of ether oxygens (including phenoxy) is 2. The first-order chi connectivity index (χ1) is 14.3. The summed E-state index contributed by atoms with van der Waals surface area (Å²) >= 11 is 11.8. The lowest BCUT2D eigenvalue weighted by atomic mass is 10.1. The zero-order chi connectivity index (χ0) is 21.6. The number of hydrogen-bond acceptors (Lipinski definition) is 5. The molecule has 30 heavy (non-hydrogen) atoms. The van der Waals surface area contributed by atoms with Gasteiger partial charge in [0.2, 0.25) is 0 Å². The van der Waals surface area contributed by atoms with Crippen LogP contribution in [0.15, 0.2) is 35.1 Å². The Hall–Kier alpha value is -3.10. The summed E-state index contributed by atoms with van der Waals surface area (Å²) in [6, 6.07) is 7.76. The van der Waals surface area contributed by atoms with E-state index in [-0.39, 0.29) is 21.6 Å². The van der Waals surface area contributed by atoms with Crippen molar-refractivity contribution in [3.05, 3.63) is 62.5 Å². The Kier molecular flexibility index (Phi) is 5.13. The third-order valence-electron chi connectivity index (χ3n) is 4.64. The molecule has 0 radical (unpaired) electrons. The summed E-state index contributed by atoms with van der Waals surface area (Å²) in [5.41, 5.74) is 2.51. The SMILES string of the molecule is COc1ccc(-c2c(C)nn3c(=O)cc(-c4cc(F)c(Cl)nc4Cl)[nH]c23)cc1OC. The van der Waals surface area contributed by atoms with Gasteiger partial charge in [-0.15, -0.1) is 0 Å². The van der Waals surface area contributed by atoms with Crippen LogP contribution in [0.2, 0.25) is 10.3 Å². The number of halogens is 3. The Balaban J connectivity index is 1.99. The fourth-order valence-electron chi connectivity index (χ4n) is 3.27. The molecule has 0 fully saturated rings. The molecule has 0 aliphatic carbocycles. The first-order valence-electron chi connectivity index (χ1n) is 8.71. The van der Waals surface area contributed by atoms with Gasteiger partial charge in [0.1, 0.15) is 10.8 Å². The van der Waals surface area contributed by atoms with Gasteiger partial charge in [0.25, 0.3) is 5.56 Å². The van der Waals surface area contributed by atoms with Crippen LogP contribution >= 0.6 is 23.2 Å². The Morgan fingerprint density at radius 3 is 2.50 bits per heavy atom. The lowest BCUT2D eigenvalue weighted by Crippen LogP contribution is -2.14. The van der Waals surface area contributed by atoms with E-state index in [2.05, 4.69) is 15.1 Å². The molecule has 3 heterocycles. The molecule has 0 aliphatic rings. The van der Waals surface area contributed by atoms with Crippen LogP contribution in [0.1, 0.15) is 5.69 Å². The molecule has 4 aromatic rings. The second-order valence-corrected chi connectivity index (χ2v) is 7.13. The number of fused-ring (bicyclic) bond motifs is 1. The van der Waals surface area contributed by atoms with E-state index in [1.807, 2.05) is 6.07 Å². The van der Waals surface area contributed by atoms with Crippen LogP contribution in [0.5, 0.6) is 11.5 Å². The largest absolute Gasteiger partial charge is 0.493 e. The molecule has 0 saturated heterocycles. The smallest absolute Gasteiger partial charge is 0.274 e. The van der Waals surface area contributed by atoms with Crippen molar-refractivity contribution >= 4 is 28.8 Å². The van der Waals surface area contributed by atoms with Gasteiger partial charge in [-0.2, -0.15) is 9.61 Å². The topological polar surface area (TPSA) is 81.5 Å².